The normalized spacial score (nSPS) is 20.9. The summed E-state index contributed by atoms with van der Waals surface area (Å²) < 4.78 is 39.0. The number of phenolic OH excluding ortho intramolecular Hbond substituents is 1. The second-order valence-corrected chi connectivity index (χ2v) is 3.57. The van der Waals surface area contributed by atoms with Gasteiger partial charge in [0.2, 0.25) is 0 Å². The lowest BCUT2D eigenvalue weighted by atomic mass is 10.0. The predicted octanol–water partition coefficient (Wildman–Crippen LogP) is 2.23. The fraction of sp³-hybridized carbons (Fsp3) is 0.400. The molecule has 2 nitrogen and oxygen atoms in total. The number of nitrogens with one attached hydrogen (secondary N) is 1. The highest BCUT2D eigenvalue weighted by Crippen LogP contribution is 2.34. The first kappa shape index (κ1) is 10.3. The minimum absolute atomic E-state index is 0.175. The third kappa shape index (κ3) is 1.67. The fourth-order valence-corrected chi connectivity index (χ4v) is 1.86. The summed E-state index contributed by atoms with van der Waals surface area (Å²) in [6.07, 6.45) is 1.43. The summed E-state index contributed by atoms with van der Waals surface area (Å²) in [6.45, 7) is 0.683. The lowest BCUT2D eigenvalue weighted by molar-refractivity contribution is 0.396. The molecule has 1 heterocycles. The molecule has 1 saturated heterocycles. The molecule has 0 aromatic heterocycles. The first-order chi connectivity index (χ1) is 7.11. The van der Waals surface area contributed by atoms with Crippen molar-refractivity contribution in [3.05, 3.63) is 29.1 Å². The van der Waals surface area contributed by atoms with Crippen LogP contribution >= 0.6 is 0 Å². The van der Waals surface area contributed by atoms with Gasteiger partial charge in [0.05, 0.1) is 0 Å². The molecule has 0 amide bonds. The topological polar surface area (TPSA) is 32.3 Å². The Kier molecular flexibility index (Phi) is 2.56. The van der Waals surface area contributed by atoms with Crippen LogP contribution in [0, 0.1) is 17.5 Å². The van der Waals surface area contributed by atoms with Crippen LogP contribution < -0.4 is 5.32 Å². The number of phenols is 1. The van der Waals surface area contributed by atoms with Gasteiger partial charge >= 0.3 is 0 Å². The highest BCUT2D eigenvalue weighted by molar-refractivity contribution is 5.37. The second kappa shape index (κ2) is 3.73. The number of benzene rings is 1. The molecule has 0 aliphatic carbocycles. The molecule has 1 atom stereocenters. The van der Waals surface area contributed by atoms with Crippen molar-refractivity contribution < 1.29 is 18.3 Å². The van der Waals surface area contributed by atoms with E-state index in [4.69, 9.17) is 0 Å². The maximum Gasteiger partial charge on any atom is 0.195 e. The highest BCUT2D eigenvalue weighted by atomic mass is 19.2. The van der Waals surface area contributed by atoms with E-state index in [1.54, 1.807) is 0 Å². The van der Waals surface area contributed by atoms with Gasteiger partial charge in [0.15, 0.2) is 17.5 Å². The third-order valence-electron chi connectivity index (χ3n) is 2.59. The van der Waals surface area contributed by atoms with E-state index < -0.39 is 29.2 Å². The van der Waals surface area contributed by atoms with Crippen molar-refractivity contribution in [2.24, 2.45) is 0 Å². The first-order valence-corrected chi connectivity index (χ1v) is 4.71. The van der Waals surface area contributed by atoms with Gasteiger partial charge in [-0.2, -0.15) is 0 Å². The molecule has 0 spiro atoms. The maximum absolute atomic E-state index is 13.4. The van der Waals surface area contributed by atoms with Crippen LogP contribution in [0.5, 0.6) is 5.75 Å². The largest absolute Gasteiger partial charge is 0.507 e. The second-order valence-electron chi connectivity index (χ2n) is 3.57. The summed E-state index contributed by atoms with van der Waals surface area (Å²) in [5, 5.41) is 12.3. The first-order valence-electron chi connectivity index (χ1n) is 4.71. The average Bonchev–Trinajstić information content (AvgIpc) is 2.68. The Hall–Kier alpha value is -1.23. The van der Waals surface area contributed by atoms with Crippen LogP contribution in [0.4, 0.5) is 13.2 Å². The number of aromatic hydroxyl groups is 1. The van der Waals surface area contributed by atoms with Gasteiger partial charge in [0, 0.05) is 17.7 Å². The Morgan fingerprint density at radius 2 is 2.00 bits per heavy atom. The minimum atomic E-state index is -1.53. The molecule has 2 rings (SSSR count). The lowest BCUT2D eigenvalue weighted by Gasteiger charge is -2.14. The van der Waals surface area contributed by atoms with E-state index in [0.29, 0.717) is 19.0 Å². The Balaban J connectivity index is 2.50. The van der Waals surface area contributed by atoms with Crippen molar-refractivity contribution in [1.82, 2.24) is 5.32 Å². The molecule has 0 bridgehead atoms. The van der Waals surface area contributed by atoms with E-state index in [2.05, 4.69) is 5.32 Å². The molecule has 1 aromatic carbocycles. The molecule has 1 aliphatic rings. The molecule has 0 radical (unpaired) electrons. The quantitative estimate of drug-likeness (QED) is 0.707. The van der Waals surface area contributed by atoms with Crippen LogP contribution in [0.15, 0.2) is 6.07 Å². The monoisotopic (exact) mass is 217 g/mol. The predicted molar refractivity (Wildman–Crippen MR) is 48.0 cm³/mol. The minimum Gasteiger partial charge on any atom is -0.507 e. The molecule has 0 saturated carbocycles. The van der Waals surface area contributed by atoms with Crippen LogP contribution in [-0.4, -0.2) is 11.7 Å². The summed E-state index contributed by atoms with van der Waals surface area (Å²) in [7, 11) is 0. The van der Waals surface area contributed by atoms with E-state index in [9.17, 15) is 18.3 Å². The smallest absolute Gasteiger partial charge is 0.195 e. The Bertz CT molecular complexity index is 389. The van der Waals surface area contributed by atoms with Crippen LogP contribution in [0.3, 0.4) is 0 Å². The SMILES string of the molecule is Oc1cc(F)c(F)c(F)c1[C@@H]1CCCN1. The summed E-state index contributed by atoms with van der Waals surface area (Å²) in [4.78, 5) is 0. The van der Waals surface area contributed by atoms with E-state index in [0.717, 1.165) is 6.42 Å². The Labute approximate surface area is 84.7 Å². The van der Waals surface area contributed by atoms with Gasteiger partial charge in [0.25, 0.3) is 0 Å². The van der Waals surface area contributed by atoms with Crippen molar-refractivity contribution in [3.63, 3.8) is 0 Å². The Morgan fingerprint density at radius 1 is 1.27 bits per heavy atom. The standard InChI is InChI=1S/C10H10F3NO/c11-5-4-7(15)8(10(13)9(5)12)6-2-1-3-14-6/h4,6,14-15H,1-3H2/t6-/m0/s1. The molecule has 0 unspecified atom stereocenters. The maximum atomic E-state index is 13.4. The highest BCUT2D eigenvalue weighted by Gasteiger charge is 2.27. The van der Waals surface area contributed by atoms with Crippen LogP contribution in [0.25, 0.3) is 0 Å². The molecule has 1 aliphatic heterocycles. The van der Waals surface area contributed by atoms with Gasteiger partial charge in [0.1, 0.15) is 5.75 Å². The van der Waals surface area contributed by atoms with E-state index in [1.807, 2.05) is 0 Å². The summed E-state index contributed by atoms with van der Waals surface area (Å²) in [5.74, 6) is -4.74. The van der Waals surface area contributed by atoms with Gasteiger partial charge < -0.3 is 10.4 Å². The average molecular weight is 217 g/mol. The number of rotatable bonds is 1. The summed E-state index contributed by atoms with van der Waals surface area (Å²) in [5.41, 5.74) is -0.175. The molecule has 82 valence electrons. The number of hydrogen-bond donors (Lipinski definition) is 2. The number of hydrogen-bond acceptors (Lipinski definition) is 2. The van der Waals surface area contributed by atoms with Crippen LogP contribution in [0.1, 0.15) is 24.4 Å². The van der Waals surface area contributed by atoms with Gasteiger partial charge in [-0.05, 0) is 19.4 Å². The van der Waals surface area contributed by atoms with Crippen molar-refractivity contribution in [2.45, 2.75) is 18.9 Å². The van der Waals surface area contributed by atoms with Gasteiger partial charge in [-0.3, -0.25) is 0 Å². The van der Waals surface area contributed by atoms with Crippen LogP contribution in [-0.2, 0) is 0 Å². The lowest BCUT2D eigenvalue weighted by Crippen LogP contribution is -2.15. The van der Waals surface area contributed by atoms with Gasteiger partial charge in [-0.15, -0.1) is 0 Å². The van der Waals surface area contributed by atoms with Gasteiger partial charge in [-0.25, -0.2) is 13.2 Å². The van der Waals surface area contributed by atoms with Crippen molar-refractivity contribution in [2.75, 3.05) is 6.54 Å². The molecule has 1 aromatic rings. The van der Waals surface area contributed by atoms with Crippen molar-refractivity contribution in [3.8, 4) is 5.75 Å². The molecular formula is C10H10F3NO. The van der Waals surface area contributed by atoms with Crippen molar-refractivity contribution in [1.29, 1.82) is 0 Å². The van der Waals surface area contributed by atoms with Crippen molar-refractivity contribution >= 4 is 0 Å². The zero-order chi connectivity index (χ0) is 11.0. The zero-order valence-electron chi connectivity index (χ0n) is 7.86. The molecule has 1 fully saturated rings. The summed E-state index contributed by atoms with van der Waals surface area (Å²) >= 11 is 0. The zero-order valence-corrected chi connectivity index (χ0v) is 7.86. The molecule has 2 N–H and O–H groups in total. The van der Waals surface area contributed by atoms with Gasteiger partial charge in [-0.1, -0.05) is 0 Å². The number of halogens is 3. The summed E-state index contributed by atoms with van der Waals surface area (Å²) in [6, 6.07) is 0.174. The van der Waals surface area contributed by atoms with E-state index >= 15 is 0 Å². The van der Waals surface area contributed by atoms with E-state index in [-0.39, 0.29) is 5.56 Å². The molecule has 5 heteroatoms. The fourth-order valence-electron chi connectivity index (χ4n) is 1.86. The Morgan fingerprint density at radius 3 is 2.60 bits per heavy atom. The molecular weight excluding hydrogens is 207 g/mol. The van der Waals surface area contributed by atoms with Crippen LogP contribution in [0.2, 0.25) is 0 Å². The third-order valence-corrected chi connectivity index (χ3v) is 2.59. The molecule has 15 heavy (non-hydrogen) atoms. The van der Waals surface area contributed by atoms with E-state index in [1.165, 1.54) is 0 Å².